The van der Waals surface area contributed by atoms with Gasteiger partial charge in [0.25, 0.3) is 0 Å². The molecule has 0 amide bonds. The van der Waals surface area contributed by atoms with Gasteiger partial charge in [-0.2, -0.15) is 0 Å². The van der Waals surface area contributed by atoms with Crippen LogP contribution in [0.25, 0.3) is 0 Å². The number of rotatable bonds is 5. The largest absolute Gasteiger partial charge is 0.454 e. The van der Waals surface area contributed by atoms with Crippen LogP contribution in [0.3, 0.4) is 0 Å². The Kier molecular flexibility index (Phi) is 5.13. The summed E-state index contributed by atoms with van der Waals surface area (Å²) >= 11 is 0. The second-order valence-corrected chi connectivity index (χ2v) is 5.09. The second kappa shape index (κ2) is 6.14. The van der Waals surface area contributed by atoms with Gasteiger partial charge in [-0.25, -0.2) is 4.79 Å². The molecule has 1 saturated carbocycles. The van der Waals surface area contributed by atoms with Crippen LogP contribution in [0.4, 0.5) is 0 Å². The zero-order valence-corrected chi connectivity index (χ0v) is 10.2. The average molecular weight is 211 g/mol. The van der Waals surface area contributed by atoms with Crippen LogP contribution >= 0.6 is 0 Å². The maximum atomic E-state index is 10.4. The van der Waals surface area contributed by atoms with Crippen molar-refractivity contribution in [3.05, 3.63) is 0 Å². The molecule has 2 nitrogen and oxygen atoms in total. The van der Waals surface area contributed by atoms with Crippen molar-refractivity contribution in [2.45, 2.75) is 59.0 Å². The molecule has 1 rings (SSSR count). The Morgan fingerprint density at radius 2 is 2.13 bits per heavy atom. The van der Waals surface area contributed by atoms with Crippen molar-refractivity contribution in [1.29, 1.82) is 0 Å². The molecule has 0 aliphatic heterocycles. The highest BCUT2D eigenvalue weighted by Gasteiger charge is 2.32. The molecule has 15 heavy (non-hydrogen) atoms. The van der Waals surface area contributed by atoms with Crippen molar-refractivity contribution in [2.75, 3.05) is 0 Å². The molecule has 0 N–H and O–H groups in total. The van der Waals surface area contributed by atoms with Gasteiger partial charge in [0.05, 0.1) is 0 Å². The van der Waals surface area contributed by atoms with E-state index >= 15 is 0 Å². The maximum Gasteiger partial charge on any atom is 0.417 e. The van der Waals surface area contributed by atoms with Crippen LogP contribution in [-0.4, -0.2) is 12.6 Å². The first-order valence-corrected chi connectivity index (χ1v) is 6.21. The van der Waals surface area contributed by atoms with Gasteiger partial charge >= 0.3 is 6.47 Å². The highest BCUT2D eigenvalue weighted by Crippen LogP contribution is 2.37. The van der Waals surface area contributed by atoms with E-state index in [1.165, 1.54) is 19.3 Å². The molecular formula is C13H23O2. The summed E-state index contributed by atoms with van der Waals surface area (Å²) in [4.78, 5) is 10.4. The summed E-state index contributed by atoms with van der Waals surface area (Å²) in [6.07, 6.45) is 5.91. The van der Waals surface area contributed by atoms with Gasteiger partial charge in [0.2, 0.25) is 0 Å². The van der Waals surface area contributed by atoms with Crippen LogP contribution in [0.15, 0.2) is 0 Å². The van der Waals surface area contributed by atoms with E-state index in [9.17, 15) is 4.79 Å². The topological polar surface area (TPSA) is 26.3 Å². The molecule has 0 aromatic carbocycles. The molecule has 4 atom stereocenters. The first-order chi connectivity index (χ1) is 7.19. The molecule has 4 unspecified atom stereocenters. The first kappa shape index (κ1) is 12.5. The van der Waals surface area contributed by atoms with Crippen molar-refractivity contribution in [2.24, 2.45) is 17.8 Å². The summed E-state index contributed by atoms with van der Waals surface area (Å²) in [7, 11) is 0. The number of carbonyl (C=O) groups excluding carboxylic acids is 1. The van der Waals surface area contributed by atoms with Crippen LogP contribution in [0.1, 0.15) is 52.9 Å². The molecule has 1 aliphatic carbocycles. The summed E-state index contributed by atoms with van der Waals surface area (Å²) in [5.41, 5.74) is 0. The van der Waals surface area contributed by atoms with Crippen LogP contribution in [-0.2, 0) is 9.53 Å². The third-order valence-electron chi connectivity index (χ3n) is 3.75. The van der Waals surface area contributed by atoms with Gasteiger partial charge in [0.15, 0.2) is 0 Å². The standard InChI is InChI=1S/C13H23O2/c1-4-5-13(15-9-14)12-7-6-10(2)8-11(12)3/h10-13H,4-8H2,1-3H3. The van der Waals surface area contributed by atoms with Gasteiger partial charge < -0.3 is 4.74 Å². The summed E-state index contributed by atoms with van der Waals surface area (Å²) in [5.74, 6) is 2.07. The molecule has 1 aliphatic rings. The van der Waals surface area contributed by atoms with Crippen LogP contribution in [0.5, 0.6) is 0 Å². The van der Waals surface area contributed by atoms with Gasteiger partial charge in [0.1, 0.15) is 6.10 Å². The van der Waals surface area contributed by atoms with E-state index < -0.39 is 0 Å². The molecule has 0 spiro atoms. The van der Waals surface area contributed by atoms with E-state index in [2.05, 4.69) is 20.8 Å². The Labute approximate surface area is 93.4 Å². The smallest absolute Gasteiger partial charge is 0.417 e. The Morgan fingerprint density at radius 1 is 1.40 bits per heavy atom. The van der Waals surface area contributed by atoms with Crippen LogP contribution < -0.4 is 0 Å². The summed E-state index contributed by atoms with van der Waals surface area (Å²) in [6, 6.07) is 0. The highest BCUT2D eigenvalue weighted by atomic mass is 16.5. The van der Waals surface area contributed by atoms with Crippen LogP contribution in [0.2, 0.25) is 0 Å². The summed E-state index contributed by atoms with van der Waals surface area (Å²) < 4.78 is 5.12. The summed E-state index contributed by atoms with van der Waals surface area (Å²) in [5, 5.41) is 0. The Morgan fingerprint density at radius 3 is 2.67 bits per heavy atom. The van der Waals surface area contributed by atoms with Crippen molar-refractivity contribution >= 4 is 6.47 Å². The molecule has 0 saturated heterocycles. The lowest BCUT2D eigenvalue weighted by atomic mass is 9.72. The first-order valence-electron chi connectivity index (χ1n) is 6.21. The Bertz CT molecular complexity index is 191. The minimum absolute atomic E-state index is 0.106. The molecule has 1 fully saturated rings. The van der Waals surface area contributed by atoms with Crippen molar-refractivity contribution in [1.82, 2.24) is 0 Å². The van der Waals surface area contributed by atoms with E-state index in [1.807, 2.05) is 0 Å². The maximum absolute atomic E-state index is 10.4. The van der Waals surface area contributed by atoms with Gasteiger partial charge in [-0.05, 0) is 37.0 Å². The second-order valence-electron chi connectivity index (χ2n) is 5.09. The fourth-order valence-corrected chi connectivity index (χ4v) is 2.95. The fraction of sp³-hybridized carbons (Fsp3) is 0.923. The van der Waals surface area contributed by atoms with Crippen molar-refractivity contribution in [3.8, 4) is 0 Å². The molecule has 87 valence electrons. The van der Waals surface area contributed by atoms with E-state index in [1.54, 1.807) is 6.47 Å². The molecule has 0 bridgehead atoms. The highest BCUT2D eigenvalue weighted by molar-refractivity contribution is 5.38. The van der Waals surface area contributed by atoms with Crippen LogP contribution in [0, 0.1) is 17.8 Å². The summed E-state index contributed by atoms with van der Waals surface area (Å²) in [6.45, 7) is 8.37. The zero-order valence-electron chi connectivity index (χ0n) is 10.2. The monoisotopic (exact) mass is 211 g/mol. The van der Waals surface area contributed by atoms with Gasteiger partial charge in [-0.1, -0.05) is 33.6 Å². The number of hydrogen-bond acceptors (Lipinski definition) is 2. The predicted octanol–water partition coefficient (Wildman–Crippen LogP) is 3.31. The Balaban J connectivity index is 2.53. The van der Waals surface area contributed by atoms with E-state index in [0.29, 0.717) is 11.8 Å². The van der Waals surface area contributed by atoms with Gasteiger partial charge in [-0.15, -0.1) is 0 Å². The molecule has 1 radical (unpaired) electrons. The lowest BCUT2D eigenvalue weighted by Crippen LogP contribution is -2.33. The lowest BCUT2D eigenvalue weighted by Gasteiger charge is -2.36. The molecular weight excluding hydrogens is 188 g/mol. The van der Waals surface area contributed by atoms with E-state index in [0.717, 1.165) is 18.8 Å². The normalized spacial score (nSPS) is 33.4. The Hall–Kier alpha value is -0.530. The van der Waals surface area contributed by atoms with Crippen molar-refractivity contribution < 1.29 is 9.53 Å². The molecule has 2 heteroatoms. The quantitative estimate of drug-likeness (QED) is 0.697. The number of hydrogen-bond donors (Lipinski definition) is 0. The SMILES string of the molecule is CCCC(O[C]=O)C1CCC(C)CC1C. The lowest BCUT2D eigenvalue weighted by molar-refractivity contribution is 0.0427. The van der Waals surface area contributed by atoms with E-state index in [-0.39, 0.29) is 6.10 Å². The zero-order chi connectivity index (χ0) is 11.3. The predicted molar refractivity (Wildman–Crippen MR) is 61.1 cm³/mol. The van der Waals surface area contributed by atoms with Gasteiger partial charge in [-0.3, -0.25) is 0 Å². The fourth-order valence-electron chi connectivity index (χ4n) is 2.95. The third-order valence-corrected chi connectivity index (χ3v) is 3.75. The minimum atomic E-state index is 0.106. The molecule has 0 aromatic heterocycles. The number of ether oxygens (including phenoxy) is 1. The van der Waals surface area contributed by atoms with Crippen molar-refractivity contribution in [3.63, 3.8) is 0 Å². The van der Waals surface area contributed by atoms with Gasteiger partial charge in [0, 0.05) is 0 Å². The average Bonchev–Trinajstić information content (AvgIpc) is 2.17. The third kappa shape index (κ3) is 3.51. The van der Waals surface area contributed by atoms with E-state index in [4.69, 9.17) is 4.74 Å². The molecule has 0 aromatic rings. The molecule has 0 heterocycles. The minimum Gasteiger partial charge on any atom is -0.454 e.